The first-order chi connectivity index (χ1) is 8.79. The van der Waals surface area contributed by atoms with Gasteiger partial charge in [0.2, 0.25) is 0 Å². The molecule has 102 valence electrons. The third kappa shape index (κ3) is 2.08. The highest BCUT2D eigenvalue weighted by Crippen LogP contribution is 2.27. The van der Waals surface area contributed by atoms with Gasteiger partial charge in [-0.05, 0) is 12.3 Å². The fourth-order valence-electron chi connectivity index (χ4n) is 3.24. The third-order valence-corrected chi connectivity index (χ3v) is 4.35. The van der Waals surface area contributed by atoms with Gasteiger partial charge in [0.05, 0.1) is 19.3 Å². The number of fused-ring (bicyclic) bond motifs is 1. The maximum atomic E-state index is 12.3. The molecule has 0 aromatic rings. The van der Waals surface area contributed by atoms with Gasteiger partial charge in [0.15, 0.2) is 0 Å². The summed E-state index contributed by atoms with van der Waals surface area (Å²) in [5.74, 6) is 0.633. The number of rotatable bonds is 2. The maximum Gasteiger partial charge on any atom is 0.318 e. The van der Waals surface area contributed by atoms with Crippen LogP contribution in [0.1, 0.15) is 6.42 Å². The van der Waals surface area contributed by atoms with Crippen LogP contribution >= 0.6 is 0 Å². The second-order valence-corrected chi connectivity index (χ2v) is 5.34. The van der Waals surface area contributed by atoms with Crippen molar-refractivity contribution in [3.8, 4) is 0 Å². The summed E-state index contributed by atoms with van der Waals surface area (Å²) in [6, 6.07) is 0.382. The third-order valence-electron chi connectivity index (χ3n) is 4.35. The molecule has 2 amide bonds. The minimum absolute atomic E-state index is 0.0177. The van der Waals surface area contributed by atoms with E-state index >= 15 is 0 Å². The summed E-state index contributed by atoms with van der Waals surface area (Å²) in [6.07, 6.45) is 1.09. The Balaban J connectivity index is 1.58. The Bertz CT molecular complexity index is 326. The van der Waals surface area contributed by atoms with Crippen molar-refractivity contribution in [3.05, 3.63) is 0 Å². The Morgan fingerprint density at radius 3 is 3.17 bits per heavy atom. The number of hydrogen-bond acceptors (Lipinski definition) is 4. The van der Waals surface area contributed by atoms with Crippen LogP contribution in [0.4, 0.5) is 4.79 Å². The molecule has 3 aliphatic rings. The zero-order valence-corrected chi connectivity index (χ0v) is 10.7. The van der Waals surface area contributed by atoms with E-state index in [9.17, 15) is 4.79 Å². The molecule has 0 bridgehead atoms. The molecule has 2 N–H and O–H groups in total. The van der Waals surface area contributed by atoms with Crippen LogP contribution in [0, 0.1) is 5.92 Å². The van der Waals surface area contributed by atoms with Gasteiger partial charge in [0.1, 0.15) is 6.10 Å². The van der Waals surface area contributed by atoms with E-state index in [4.69, 9.17) is 9.47 Å². The van der Waals surface area contributed by atoms with E-state index in [1.165, 1.54) is 0 Å². The Hall–Kier alpha value is -0.850. The lowest BCUT2D eigenvalue weighted by Gasteiger charge is -2.26. The van der Waals surface area contributed by atoms with Crippen molar-refractivity contribution in [1.82, 2.24) is 15.5 Å². The van der Waals surface area contributed by atoms with Gasteiger partial charge in [0.25, 0.3) is 0 Å². The van der Waals surface area contributed by atoms with Gasteiger partial charge in [0, 0.05) is 32.8 Å². The molecule has 18 heavy (non-hydrogen) atoms. The quantitative estimate of drug-likeness (QED) is 0.692. The summed E-state index contributed by atoms with van der Waals surface area (Å²) in [7, 11) is 1.66. The highest BCUT2D eigenvalue weighted by atomic mass is 16.5. The smallest absolute Gasteiger partial charge is 0.318 e. The van der Waals surface area contributed by atoms with Crippen LogP contribution in [0.25, 0.3) is 0 Å². The van der Waals surface area contributed by atoms with E-state index in [-0.39, 0.29) is 18.2 Å². The first-order valence-electron chi connectivity index (χ1n) is 6.68. The van der Waals surface area contributed by atoms with Gasteiger partial charge in [-0.1, -0.05) is 0 Å². The van der Waals surface area contributed by atoms with Crippen LogP contribution in [-0.4, -0.2) is 69.1 Å². The number of ether oxygens (including phenoxy) is 2. The number of likely N-dealkylation sites (tertiary alicyclic amines) is 1. The molecule has 0 spiro atoms. The van der Waals surface area contributed by atoms with Gasteiger partial charge in [-0.2, -0.15) is 0 Å². The first kappa shape index (κ1) is 12.2. The fraction of sp³-hybridized carbons (Fsp3) is 0.917. The molecule has 6 nitrogen and oxygen atoms in total. The van der Waals surface area contributed by atoms with Crippen LogP contribution in [0.2, 0.25) is 0 Å². The lowest BCUT2D eigenvalue weighted by molar-refractivity contribution is 0.0733. The zero-order valence-electron chi connectivity index (χ0n) is 10.7. The highest BCUT2D eigenvalue weighted by molar-refractivity contribution is 5.75. The Morgan fingerprint density at radius 1 is 1.44 bits per heavy atom. The Kier molecular flexibility index (Phi) is 3.41. The van der Waals surface area contributed by atoms with Crippen molar-refractivity contribution in [2.24, 2.45) is 5.92 Å². The molecule has 3 saturated heterocycles. The topological polar surface area (TPSA) is 62.8 Å². The van der Waals surface area contributed by atoms with Crippen LogP contribution in [-0.2, 0) is 9.47 Å². The van der Waals surface area contributed by atoms with Gasteiger partial charge >= 0.3 is 6.03 Å². The van der Waals surface area contributed by atoms with Crippen molar-refractivity contribution >= 4 is 6.03 Å². The van der Waals surface area contributed by atoms with E-state index < -0.39 is 0 Å². The molecule has 3 aliphatic heterocycles. The molecule has 4 atom stereocenters. The summed E-state index contributed by atoms with van der Waals surface area (Å²) >= 11 is 0. The summed E-state index contributed by atoms with van der Waals surface area (Å²) < 4.78 is 10.6. The Morgan fingerprint density at radius 2 is 2.33 bits per heavy atom. The fourth-order valence-corrected chi connectivity index (χ4v) is 3.24. The highest BCUT2D eigenvalue weighted by Gasteiger charge is 2.41. The standard InChI is InChI=1S/C12H21N3O3/c1-17-11-7-18-6-9(11)14-12(16)15-3-2-8-4-13-5-10(8)15/h8-11,13H,2-7H2,1H3,(H,14,16)/t8-,9+,10+,11-/m1/s1. The van der Waals surface area contributed by atoms with Crippen molar-refractivity contribution in [3.63, 3.8) is 0 Å². The van der Waals surface area contributed by atoms with Crippen molar-refractivity contribution in [2.75, 3.05) is 40.0 Å². The van der Waals surface area contributed by atoms with Crippen LogP contribution in [0.15, 0.2) is 0 Å². The summed E-state index contributed by atoms with van der Waals surface area (Å²) in [6.45, 7) is 3.95. The predicted octanol–water partition coefficient (Wildman–Crippen LogP) is -0.596. The van der Waals surface area contributed by atoms with E-state index in [2.05, 4.69) is 10.6 Å². The van der Waals surface area contributed by atoms with Crippen molar-refractivity contribution < 1.29 is 14.3 Å². The molecular weight excluding hydrogens is 234 g/mol. The van der Waals surface area contributed by atoms with Crippen molar-refractivity contribution in [1.29, 1.82) is 0 Å². The van der Waals surface area contributed by atoms with Gasteiger partial charge in [-0.15, -0.1) is 0 Å². The number of hydrogen-bond donors (Lipinski definition) is 2. The minimum Gasteiger partial charge on any atom is -0.377 e. The van der Waals surface area contributed by atoms with Gasteiger partial charge < -0.3 is 25.0 Å². The maximum absolute atomic E-state index is 12.3. The summed E-state index contributed by atoms with van der Waals surface area (Å²) in [5, 5.41) is 6.40. The molecule has 3 fully saturated rings. The average molecular weight is 255 g/mol. The largest absolute Gasteiger partial charge is 0.377 e. The molecule has 3 heterocycles. The van der Waals surface area contributed by atoms with Gasteiger partial charge in [-0.25, -0.2) is 4.79 Å². The Labute approximate surface area is 107 Å². The molecule has 3 rings (SSSR count). The number of urea groups is 1. The summed E-state index contributed by atoms with van der Waals surface area (Å²) in [5.41, 5.74) is 0. The number of methoxy groups -OCH3 is 1. The first-order valence-corrected chi connectivity index (χ1v) is 6.68. The molecule has 0 aromatic carbocycles. The second kappa shape index (κ2) is 5.03. The minimum atomic E-state index is -0.0194. The van der Waals surface area contributed by atoms with Gasteiger partial charge in [-0.3, -0.25) is 0 Å². The molecule has 0 unspecified atom stereocenters. The van der Waals surface area contributed by atoms with Crippen LogP contribution < -0.4 is 10.6 Å². The monoisotopic (exact) mass is 255 g/mol. The van der Waals surface area contributed by atoms with E-state index in [0.29, 0.717) is 25.2 Å². The lowest BCUT2D eigenvalue weighted by Crippen LogP contribution is -2.51. The molecule has 0 saturated carbocycles. The van der Waals surface area contributed by atoms with Crippen molar-refractivity contribution in [2.45, 2.75) is 24.6 Å². The number of carbonyl (C=O) groups is 1. The zero-order chi connectivity index (χ0) is 12.5. The molecular formula is C12H21N3O3. The molecule has 6 heteroatoms. The van der Waals surface area contributed by atoms with Crippen LogP contribution in [0.5, 0.6) is 0 Å². The molecule has 0 aliphatic carbocycles. The van der Waals surface area contributed by atoms with E-state index in [1.54, 1.807) is 7.11 Å². The molecule has 0 aromatic heterocycles. The number of nitrogens with one attached hydrogen (secondary N) is 2. The SMILES string of the molecule is CO[C@@H]1COC[C@@H]1NC(=O)N1CC[C@@H]2CNC[C@@H]21. The number of nitrogens with zero attached hydrogens (tertiary/aromatic N) is 1. The van der Waals surface area contributed by atoms with E-state index in [0.717, 1.165) is 26.1 Å². The number of carbonyl (C=O) groups excluding carboxylic acids is 1. The predicted molar refractivity (Wildman–Crippen MR) is 65.4 cm³/mol. The number of amides is 2. The average Bonchev–Trinajstić information content (AvgIpc) is 3.03. The molecule has 0 radical (unpaired) electrons. The normalized spacial score (nSPS) is 39.1. The second-order valence-electron chi connectivity index (χ2n) is 5.34. The lowest BCUT2D eigenvalue weighted by atomic mass is 10.1. The van der Waals surface area contributed by atoms with Crippen LogP contribution in [0.3, 0.4) is 0 Å². The van der Waals surface area contributed by atoms with E-state index in [1.807, 2.05) is 4.90 Å². The summed E-state index contributed by atoms with van der Waals surface area (Å²) in [4.78, 5) is 14.2.